The van der Waals surface area contributed by atoms with Gasteiger partial charge in [0.1, 0.15) is 0 Å². The van der Waals surface area contributed by atoms with E-state index in [9.17, 15) is 5.11 Å². The monoisotopic (exact) mass is 197 g/mol. The zero-order valence-corrected chi connectivity index (χ0v) is 9.04. The van der Waals surface area contributed by atoms with Crippen molar-refractivity contribution in [3.8, 4) is 0 Å². The van der Waals surface area contributed by atoms with Gasteiger partial charge in [-0.15, -0.1) is 0 Å². The first-order valence-corrected chi connectivity index (χ1v) is 6.19. The van der Waals surface area contributed by atoms with Crippen LogP contribution in [0.5, 0.6) is 0 Å². The van der Waals surface area contributed by atoms with Crippen LogP contribution in [0.1, 0.15) is 57.8 Å². The van der Waals surface area contributed by atoms with Gasteiger partial charge in [-0.25, -0.2) is 0 Å². The van der Waals surface area contributed by atoms with Crippen molar-refractivity contribution in [2.45, 2.75) is 69.4 Å². The van der Waals surface area contributed by atoms with Crippen LogP contribution in [0, 0.1) is 5.92 Å². The second kappa shape index (κ2) is 4.19. The molecule has 2 aliphatic carbocycles. The van der Waals surface area contributed by atoms with Gasteiger partial charge in [-0.1, -0.05) is 32.1 Å². The summed E-state index contributed by atoms with van der Waals surface area (Å²) >= 11 is 0. The van der Waals surface area contributed by atoms with E-state index in [1.807, 2.05) is 0 Å². The van der Waals surface area contributed by atoms with Crippen LogP contribution >= 0.6 is 0 Å². The zero-order valence-electron chi connectivity index (χ0n) is 9.04. The second-order valence-electron chi connectivity index (χ2n) is 5.25. The quantitative estimate of drug-likeness (QED) is 0.677. The topological polar surface area (TPSA) is 46.2 Å². The summed E-state index contributed by atoms with van der Waals surface area (Å²) in [6, 6.07) is 0. The molecule has 2 saturated carbocycles. The predicted molar refractivity (Wildman–Crippen MR) is 58.0 cm³/mol. The van der Waals surface area contributed by atoms with Crippen molar-refractivity contribution < 1.29 is 5.11 Å². The van der Waals surface area contributed by atoms with Crippen molar-refractivity contribution in [3.63, 3.8) is 0 Å². The van der Waals surface area contributed by atoms with Crippen molar-refractivity contribution >= 4 is 0 Å². The molecule has 0 heterocycles. The van der Waals surface area contributed by atoms with Crippen molar-refractivity contribution in [2.24, 2.45) is 11.7 Å². The highest BCUT2D eigenvalue weighted by atomic mass is 16.3. The van der Waals surface area contributed by atoms with E-state index in [0.29, 0.717) is 5.92 Å². The molecule has 2 unspecified atom stereocenters. The van der Waals surface area contributed by atoms with Crippen LogP contribution < -0.4 is 5.73 Å². The molecule has 14 heavy (non-hydrogen) atoms. The lowest BCUT2D eigenvalue weighted by atomic mass is 9.67. The van der Waals surface area contributed by atoms with Gasteiger partial charge in [0, 0.05) is 11.5 Å². The number of nitrogens with two attached hydrogens (primary N) is 1. The number of aliphatic hydroxyl groups excluding tert-OH is 1. The summed E-state index contributed by atoms with van der Waals surface area (Å²) in [5.41, 5.74) is 6.43. The van der Waals surface area contributed by atoms with Gasteiger partial charge in [-0.05, 0) is 25.7 Å². The summed E-state index contributed by atoms with van der Waals surface area (Å²) in [7, 11) is 0. The van der Waals surface area contributed by atoms with Crippen LogP contribution in [0.25, 0.3) is 0 Å². The fourth-order valence-corrected chi connectivity index (χ4v) is 3.36. The lowest BCUT2D eigenvalue weighted by molar-refractivity contribution is 0.0112. The normalized spacial score (nSPS) is 38.1. The van der Waals surface area contributed by atoms with E-state index in [4.69, 9.17) is 5.73 Å². The Labute approximate surface area is 86.9 Å². The highest BCUT2D eigenvalue weighted by Gasteiger charge is 2.40. The standard InChI is InChI=1S/C12H23NO/c13-12(8-4-1-5-9-12)10-6-2-3-7-11(10)14/h10-11,14H,1-9,13H2. The summed E-state index contributed by atoms with van der Waals surface area (Å²) in [5, 5.41) is 10.0. The molecular weight excluding hydrogens is 174 g/mol. The van der Waals surface area contributed by atoms with Gasteiger partial charge in [0.2, 0.25) is 0 Å². The molecule has 2 aliphatic rings. The molecule has 0 saturated heterocycles. The van der Waals surface area contributed by atoms with Gasteiger partial charge >= 0.3 is 0 Å². The fourth-order valence-electron chi connectivity index (χ4n) is 3.36. The van der Waals surface area contributed by atoms with Crippen molar-refractivity contribution in [2.75, 3.05) is 0 Å². The maximum absolute atomic E-state index is 10.0. The third-order valence-corrected chi connectivity index (χ3v) is 4.25. The van der Waals surface area contributed by atoms with E-state index in [0.717, 1.165) is 25.7 Å². The maximum Gasteiger partial charge on any atom is 0.0585 e. The third-order valence-electron chi connectivity index (χ3n) is 4.25. The molecule has 2 rings (SSSR count). The maximum atomic E-state index is 10.0. The van der Waals surface area contributed by atoms with Crippen LogP contribution in [0.3, 0.4) is 0 Å². The summed E-state index contributed by atoms with van der Waals surface area (Å²) in [5.74, 6) is 0.386. The Kier molecular flexibility index (Phi) is 3.13. The van der Waals surface area contributed by atoms with Crippen LogP contribution in [0.2, 0.25) is 0 Å². The van der Waals surface area contributed by atoms with E-state index < -0.39 is 0 Å². The zero-order chi connectivity index (χ0) is 10.0. The second-order valence-corrected chi connectivity index (χ2v) is 5.25. The van der Waals surface area contributed by atoms with Crippen LogP contribution in [0.15, 0.2) is 0 Å². The third kappa shape index (κ3) is 1.96. The van der Waals surface area contributed by atoms with Gasteiger partial charge in [0.25, 0.3) is 0 Å². The Morgan fingerprint density at radius 2 is 1.57 bits per heavy atom. The summed E-state index contributed by atoms with van der Waals surface area (Å²) in [6.07, 6.45) is 10.6. The Balaban J connectivity index is 2.02. The van der Waals surface area contributed by atoms with Crippen molar-refractivity contribution in [1.82, 2.24) is 0 Å². The van der Waals surface area contributed by atoms with Gasteiger partial charge in [0.15, 0.2) is 0 Å². The molecular formula is C12H23NO. The molecule has 0 spiro atoms. The number of hydrogen-bond donors (Lipinski definition) is 2. The van der Waals surface area contributed by atoms with Gasteiger partial charge < -0.3 is 10.8 Å². The minimum absolute atomic E-state index is 0.0297. The molecule has 2 atom stereocenters. The summed E-state index contributed by atoms with van der Waals surface area (Å²) in [4.78, 5) is 0. The van der Waals surface area contributed by atoms with Gasteiger partial charge in [-0.3, -0.25) is 0 Å². The number of aliphatic hydroxyl groups is 1. The van der Waals surface area contributed by atoms with E-state index in [-0.39, 0.29) is 11.6 Å². The Morgan fingerprint density at radius 3 is 2.21 bits per heavy atom. The van der Waals surface area contributed by atoms with E-state index >= 15 is 0 Å². The molecule has 0 aromatic rings. The molecule has 82 valence electrons. The smallest absolute Gasteiger partial charge is 0.0585 e. The predicted octanol–water partition coefficient (Wildman–Crippen LogP) is 2.20. The first-order chi connectivity index (χ1) is 6.72. The van der Waals surface area contributed by atoms with Crippen LogP contribution in [-0.4, -0.2) is 16.7 Å². The molecule has 3 N–H and O–H groups in total. The molecule has 2 heteroatoms. The first kappa shape index (κ1) is 10.4. The average molecular weight is 197 g/mol. The molecule has 0 bridgehead atoms. The summed E-state index contributed by atoms with van der Waals surface area (Å²) < 4.78 is 0. The minimum Gasteiger partial charge on any atom is -0.393 e. The number of rotatable bonds is 1. The SMILES string of the molecule is NC1(C2CCCCC2O)CCCCC1. The largest absolute Gasteiger partial charge is 0.393 e. The van der Waals surface area contributed by atoms with Crippen LogP contribution in [0.4, 0.5) is 0 Å². The van der Waals surface area contributed by atoms with Crippen molar-refractivity contribution in [3.05, 3.63) is 0 Å². The Bertz CT molecular complexity index is 187. The van der Waals surface area contributed by atoms with Crippen molar-refractivity contribution in [1.29, 1.82) is 0 Å². The average Bonchev–Trinajstić information content (AvgIpc) is 2.19. The molecule has 0 aliphatic heterocycles. The highest BCUT2D eigenvalue weighted by molar-refractivity contribution is 4.97. The fraction of sp³-hybridized carbons (Fsp3) is 1.00. The molecule has 0 aromatic carbocycles. The molecule has 0 amide bonds. The molecule has 2 nitrogen and oxygen atoms in total. The highest BCUT2D eigenvalue weighted by Crippen LogP contribution is 2.39. The number of hydrogen-bond acceptors (Lipinski definition) is 2. The van der Waals surface area contributed by atoms with Gasteiger partial charge in [0.05, 0.1) is 6.10 Å². The van der Waals surface area contributed by atoms with E-state index in [1.54, 1.807) is 0 Å². The molecule has 2 fully saturated rings. The minimum atomic E-state index is -0.119. The molecule has 0 aromatic heterocycles. The lowest BCUT2D eigenvalue weighted by Gasteiger charge is -2.44. The van der Waals surface area contributed by atoms with Crippen LogP contribution in [-0.2, 0) is 0 Å². The van der Waals surface area contributed by atoms with E-state index in [2.05, 4.69) is 0 Å². The first-order valence-electron chi connectivity index (χ1n) is 6.19. The summed E-state index contributed by atoms with van der Waals surface area (Å²) in [6.45, 7) is 0. The molecule has 0 radical (unpaired) electrons. The lowest BCUT2D eigenvalue weighted by Crippen LogP contribution is -2.53. The Morgan fingerprint density at radius 1 is 0.929 bits per heavy atom. The van der Waals surface area contributed by atoms with E-state index in [1.165, 1.54) is 32.1 Å². The Hall–Kier alpha value is -0.0800. The van der Waals surface area contributed by atoms with Gasteiger partial charge in [-0.2, -0.15) is 0 Å².